The van der Waals surface area contributed by atoms with Gasteiger partial charge in [0, 0.05) is 45.3 Å². The Kier molecular flexibility index (Phi) is 7.48. The molecule has 192 valence electrons. The zero-order chi connectivity index (χ0) is 27.4. The minimum absolute atomic E-state index is 0.115. The fourth-order valence-electron chi connectivity index (χ4n) is 4.07. The summed E-state index contributed by atoms with van der Waals surface area (Å²) in [5.41, 5.74) is 5.60. The Hall–Kier alpha value is -4.81. The van der Waals surface area contributed by atoms with Crippen LogP contribution in [0.5, 0.6) is 5.75 Å². The number of aryl methyl sites for hydroxylation is 1. The van der Waals surface area contributed by atoms with E-state index < -0.39 is 5.82 Å². The Bertz CT molecular complexity index is 1730. The highest BCUT2D eigenvalue weighted by Crippen LogP contribution is 2.28. The van der Waals surface area contributed by atoms with E-state index in [2.05, 4.69) is 15.3 Å². The number of rotatable bonds is 7. The van der Waals surface area contributed by atoms with Crippen LogP contribution in [0.3, 0.4) is 0 Å². The van der Waals surface area contributed by atoms with Crippen LogP contribution in [-0.4, -0.2) is 22.1 Å². The number of ketones is 1. The predicted molar refractivity (Wildman–Crippen MR) is 156 cm³/mol. The lowest BCUT2D eigenvalue weighted by molar-refractivity contribution is 0.104. The van der Waals surface area contributed by atoms with Gasteiger partial charge in [-0.15, -0.1) is 0 Å². The smallest absolute Gasteiger partial charge is 0.185 e. The molecule has 0 bridgehead atoms. The van der Waals surface area contributed by atoms with Crippen LogP contribution in [0.2, 0.25) is 5.02 Å². The molecule has 0 saturated carbocycles. The molecule has 0 saturated heterocycles. The summed E-state index contributed by atoms with van der Waals surface area (Å²) in [5, 5.41) is 15.5. The quantitative estimate of drug-likeness (QED) is 0.124. The number of aliphatic imine (C=N–C) groups is 1. The molecule has 0 aliphatic rings. The number of pyridine rings is 1. The van der Waals surface area contributed by atoms with Crippen LogP contribution in [0.4, 0.5) is 21.5 Å². The Morgan fingerprint density at radius 2 is 1.77 bits per heavy atom. The van der Waals surface area contributed by atoms with E-state index in [-0.39, 0.29) is 11.5 Å². The average Bonchev–Trinajstić information content (AvgIpc) is 2.94. The third-order valence-corrected chi connectivity index (χ3v) is 6.35. The number of fused-ring (bicyclic) bond motifs is 1. The third kappa shape index (κ3) is 6.20. The Balaban J connectivity index is 1.31. The van der Waals surface area contributed by atoms with Crippen LogP contribution in [0.15, 0.2) is 102 Å². The van der Waals surface area contributed by atoms with Crippen molar-refractivity contribution in [3.63, 3.8) is 0 Å². The van der Waals surface area contributed by atoms with E-state index in [0.717, 1.165) is 27.8 Å². The number of phenols is 1. The Morgan fingerprint density at radius 3 is 2.54 bits per heavy atom. The number of hydrogen-bond acceptors (Lipinski definition) is 5. The highest BCUT2D eigenvalue weighted by atomic mass is 35.5. The summed E-state index contributed by atoms with van der Waals surface area (Å²) in [6.45, 7) is 1.78. The minimum Gasteiger partial charge on any atom is -0.507 e. The van der Waals surface area contributed by atoms with E-state index in [9.17, 15) is 14.3 Å². The molecule has 1 aromatic heterocycles. The van der Waals surface area contributed by atoms with Crippen molar-refractivity contribution in [1.82, 2.24) is 4.98 Å². The minimum atomic E-state index is -0.396. The number of aromatic hydroxyl groups is 1. The first-order chi connectivity index (χ1) is 18.9. The largest absolute Gasteiger partial charge is 0.507 e. The van der Waals surface area contributed by atoms with Crippen LogP contribution in [-0.2, 0) is 0 Å². The average molecular weight is 536 g/mol. The number of hydrogen-bond donors (Lipinski definition) is 2. The van der Waals surface area contributed by atoms with Gasteiger partial charge in [-0.2, -0.15) is 0 Å². The van der Waals surface area contributed by atoms with Gasteiger partial charge in [0.25, 0.3) is 0 Å². The van der Waals surface area contributed by atoms with Gasteiger partial charge < -0.3 is 10.4 Å². The lowest BCUT2D eigenvalue weighted by atomic mass is 10.0. The van der Waals surface area contributed by atoms with Crippen molar-refractivity contribution in [2.24, 2.45) is 4.99 Å². The van der Waals surface area contributed by atoms with Crippen molar-refractivity contribution in [3.8, 4) is 5.75 Å². The second-order valence-corrected chi connectivity index (χ2v) is 9.37. The SMILES string of the molecule is Cc1cc(/C=C/C(=O)c2ccc(F)cc2)cc(C=Nc2ccc(Nc3ccnc4cc(Cl)ccc34)cc2)c1O. The first-order valence-corrected chi connectivity index (χ1v) is 12.5. The van der Waals surface area contributed by atoms with Gasteiger partial charge in [0.2, 0.25) is 0 Å². The monoisotopic (exact) mass is 535 g/mol. The van der Waals surface area contributed by atoms with Crippen LogP contribution >= 0.6 is 11.6 Å². The number of benzene rings is 4. The molecular formula is C32H23ClFN3O2. The second kappa shape index (κ2) is 11.3. The topological polar surface area (TPSA) is 74.6 Å². The van der Waals surface area contributed by atoms with E-state index in [1.54, 1.807) is 37.5 Å². The van der Waals surface area contributed by atoms with E-state index in [0.29, 0.717) is 27.4 Å². The zero-order valence-electron chi connectivity index (χ0n) is 20.9. The molecule has 0 fully saturated rings. The summed E-state index contributed by atoms with van der Waals surface area (Å²) in [5.74, 6) is -0.524. The Morgan fingerprint density at radius 1 is 1.00 bits per heavy atom. The maximum atomic E-state index is 13.1. The standard InChI is InChI=1S/C32H23ClFN3O2/c1-20-16-21(2-13-31(38)22-3-6-25(34)7-4-22)17-23(32(20)39)19-36-26-8-10-27(11-9-26)37-29-14-15-35-30-18-24(33)5-12-28(29)30/h2-19,39H,1H3,(H,35,37)/b13-2+,36-19?. The highest BCUT2D eigenvalue weighted by molar-refractivity contribution is 6.31. The first-order valence-electron chi connectivity index (χ1n) is 12.1. The molecule has 5 nitrogen and oxygen atoms in total. The molecule has 0 radical (unpaired) electrons. The summed E-state index contributed by atoms with van der Waals surface area (Å²) >= 11 is 6.09. The van der Waals surface area contributed by atoms with Crippen molar-refractivity contribution >= 4 is 57.6 Å². The van der Waals surface area contributed by atoms with Gasteiger partial charge in [-0.25, -0.2) is 4.39 Å². The van der Waals surface area contributed by atoms with Gasteiger partial charge in [-0.3, -0.25) is 14.8 Å². The van der Waals surface area contributed by atoms with Gasteiger partial charge in [-0.1, -0.05) is 17.7 Å². The molecule has 0 aliphatic heterocycles. The fraction of sp³-hybridized carbons (Fsp3) is 0.0312. The molecule has 4 aromatic carbocycles. The number of phenolic OH excluding ortho intramolecular Hbond substituents is 1. The number of anilines is 2. The molecule has 0 atom stereocenters. The number of nitrogens with zero attached hydrogens (tertiary/aromatic N) is 2. The van der Waals surface area contributed by atoms with Crippen molar-refractivity contribution in [3.05, 3.63) is 130 Å². The van der Waals surface area contributed by atoms with Crippen molar-refractivity contribution in [1.29, 1.82) is 0 Å². The number of halogens is 2. The molecule has 1 heterocycles. The summed E-state index contributed by atoms with van der Waals surface area (Å²) < 4.78 is 13.1. The number of carbonyl (C=O) groups is 1. The molecule has 39 heavy (non-hydrogen) atoms. The molecule has 2 N–H and O–H groups in total. The molecule has 5 aromatic rings. The normalized spacial score (nSPS) is 11.5. The van der Waals surface area contributed by atoms with Gasteiger partial charge in [0.15, 0.2) is 5.78 Å². The highest BCUT2D eigenvalue weighted by Gasteiger charge is 2.07. The summed E-state index contributed by atoms with van der Waals surface area (Å²) in [4.78, 5) is 21.3. The van der Waals surface area contributed by atoms with Crippen molar-refractivity contribution in [2.75, 3.05) is 5.32 Å². The van der Waals surface area contributed by atoms with E-state index in [1.807, 2.05) is 48.5 Å². The summed E-state index contributed by atoms with van der Waals surface area (Å²) in [6, 6.07) is 24.0. The number of aromatic nitrogens is 1. The molecule has 0 spiro atoms. The zero-order valence-corrected chi connectivity index (χ0v) is 21.7. The van der Waals surface area contributed by atoms with E-state index in [4.69, 9.17) is 11.6 Å². The van der Waals surface area contributed by atoms with Gasteiger partial charge in [0.1, 0.15) is 11.6 Å². The molecule has 7 heteroatoms. The number of allylic oxidation sites excluding steroid dienone is 1. The maximum absolute atomic E-state index is 13.1. The lowest BCUT2D eigenvalue weighted by Crippen LogP contribution is -1.94. The molecular weight excluding hydrogens is 513 g/mol. The van der Waals surface area contributed by atoms with E-state index >= 15 is 0 Å². The van der Waals surface area contributed by atoms with Crippen LogP contribution in [0.25, 0.3) is 17.0 Å². The van der Waals surface area contributed by atoms with Gasteiger partial charge in [0.05, 0.1) is 11.2 Å². The van der Waals surface area contributed by atoms with Crippen LogP contribution in [0, 0.1) is 12.7 Å². The van der Waals surface area contributed by atoms with Crippen molar-refractivity contribution < 1.29 is 14.3 Å². The first kappa shape index (κ1) is 25.8. The van der Waals surface area contributed by atoms with E-state index in [1.165, 1.54) is 30.3 Å². The number of carbonyl (C=O) groups excluding carboxylic acids is 1. The summed E-state index contributed by atoms with van der Waals surface area (Å²) in [7, 11) is 0. The molecule has 0 amide bonds. The fourth-order valence-corrected chi connectivity index (χ4v) is 4.24. The number of nitrogens with one attached hydrogen (secondary N) is 1. The summed E-state index contributed by atoms with van der Waals surface area (Å²) in [6.07, 6.45) is 6.40. The molecule has 0 unspecified atom stereocenters. The maximum Gasteiger partial charge on any atom is 0.185 e. The van der Waals surface area contributed by atoms with Crippen LogP contribution in [0.1, 0.15) is 27.0 Å². The van der Waals surface area contributed by atoms with Crippen LogP contribution < -0.4 is 5.32 Å². The lowest BCUT2D eigenvalue weighted by Gasteiger charge is -2.10. The predicted octanol–water partition coefficient (Wildman–Crippen LogP) is 8.43. The third-order valence-electron chi connectivity index (χ3n) is 6.11. The van der Waals surface area contributed by atoms with Gasteiger partial charge >= 0.3 is 0 Å². The van der Waals surface area contributed by atoms with Crippen molar-refractivity contribution in [2.45, 2.75) is 6.92 Å². The molecule has 0 aliphatic carbocycles. The van der Waals surface area contributed by atoms with Gasteiger partial charge in [-0.05, 0) is 109 Å². The molecule has 5 rings (SSSR count). The Labute approximate surface area is 230 Å². The second-order valence-electron chi connectivity index (χ2n) is 8.93.